The fourth-order valence-corrected chi connectivity index (χ4v) is 3.04. The topological polar surface area (TPSA) is 32.3 Å². The Labute approximate surface area is 118 Å². The third kappa shape index (κ3) is 2.90. The lowest BCUT2D eigenvalue weighted by Crippen LogP contribution is -2.49. The van der Waals surface area contributed by atoms with Gasteiger partial charge in [-0.2, -0.15) is 0 Å². The summed E-state index contributed by atoms with van der Waals surface area (Å²) in [4.78, 5) is 14.2. The second-order valence-corrected chi connectivity index (χ2v) is 5.16. The lowest BCUT2D eigenvalue weighted by Gasteiger charge is -2.30. The van der Waals surface area contributed by atoms with Gasteiger partial charge in [0.2, 0.25) is 5.91 Å². The van der Waals surface area contributed by atoms with E-state index in [2.05, 4.69) is 5.32 Å². The third-order valence-electron chi connectivity index (χ3n) is 3.91. The molecule has 1 unspecified atom stereocenters. The Kier molecular flexibility index (Phi) is 4.42. The van der Waals surface area contributed by atoms with E-state index in [9.17, 15) is 9.18 Å². The molecule has 3 rings (SSSR count). The Morgan fingerprint density at radius 1 is 1.42 bits per heavy atom. The fraction of sp³-hybridized carbons (Fsp3) is 0.500. The van der Waals surface area contributed by atoms with E-state index in [1.807, 2.05) is 11.0 Å². The molecule has 19 heavy (non-hydrogen) atoms. The number of halogens is 2. The number of hydrogen-bond donors (Lipinski definition) is 1. The van der Waals surface area contributed by atoms with E-state index in [1.54, 1.807) is 6.07 Å². The molecule has 2 atom stereocenters. The highest BCUT2D eigenvalue weighted by Gasteiger charge is 2.40. The zero-order valence-electron chi connectivity index (χ0n) is 10.6. The number of carbonyl (C=O) groups is 1. The van der Waals surface area contributed by atoms with Crippen LogP contribution in [0.4, 0.5) is 4.39 Å². The third-order valence-corrected chi connectivity index (χ3v) is 3.91. The number of carbonyl (C=O) groups excluding carboxylic acids is 1. The molecule has 0 spiro atoms. The van der Waals surface area contributed by atoms with Crippen molar-refractivity contribution in [1.29, 1.82) is 0 Å². The van der Waals surface area contributed by atoms with Crippen LogP contribution in [0.5, 0.6) is 0 Å². The summed E-state index contributed by atoms with van der Waals surface area (Å²) < 4.78 is 13.1. The molecular weight excluding hydrogens is 267 g/mol. The van der Waals surface area contributed by atoms with Crippen LogP contribution in [0.1, 0.15) is 12.0 Å². The monoisotopic (exact) mass is 284 g/mol. The van der Waals surface area contributed by atoms with Gasteiger partial charge in [0.15, 0.2) is 0 Å². The molecule has 2 heterocycles. The van der Waals surface area contributed by atoms with Crippen molar-refractivity contribution < 1.29 is 9.18 Å². The first-order chi connectivity index (χ1) is 8.74. The van der Waals surface area contributed by atoms with Crippen LogP contribution in [0.3, 0.4) is 0 Å². The molecule has 3 nitrogen and oxygen atoms in total. The molecule has 1 aromatic rings. The van der Waals surface area contributed by atoms with Gasteiger partial charge in [-0.1, -0.05) is 12.1 Å². The molecule has 2 aliphatic heterocycles. The Balaban J connectivity index is 0.00000133. The van der Waals surface area contributed by atoms with Gasteiger partial charge < -0.3 is 10.2 Å². The number of fused-ring (bicyclic) bond motifs is 1. The number of amides is 1. The van der Waals surface area contributed by atoms with E-state index in [0.717, 1.165) is 31.6 Å². The average Bonchev–Trinajstić information content (AvgIpc) is 2.67. The van der Waals surface area contributed by atoms with Gasteiger partial charge in [-0.15, -0.1) is 12.4 Å². The van der Waals surface area contributed by atoms with Crippen molar-refractivity contribution in [3.8, 4) is 0 Å². The van der Waals surface area contributed by atoms with Gasteiger partial charge in [-0.3, -0.25) is 4.79 Å². The molecule has 104 valence electrons. The first-order valence-electron chi connectivity index (χ1n) is 6.49. The minimum Gasteiger partial charge on any atom is -0.337 e. The van der Waals surface area contributed by atoms with E-state index >= 15 is 0 Å². The Bertz CT molecular complexity index is 469. The SMILES string of the molecule is Cl.O=C1C(Cc2cccc(F)c2)C[C@H]2CNCCN12. The summed E-state index contributed by atoms with van der Waals surface area (Å²) in [7, 11) is 0. The number of nitrogens with one attached hydrogen (secondary N) is 1. The van der Waals surface area contributed by atoms with Crippen LogP contribution in [0.25, 0.3) is 0 Å². The number of nitrogens with zero attached hydrogens (tertiary/aromatic N) is 1. The molecule has 0 saturated carbocycles. The molecule has 5 heteroatoms. The van der Waals surface area contributed by atoms with E-state index in [-0.39, 0.29) is 30.0 Å². The van der Waals surface area contributed by atoms with Crippen molar-refractivity contribution >= 4 is 18.3 Å². The molecule has 0 radical (unpaired) electrons. The average molecular weight is 285 g/mol. The summed E-state index contributed by atoms with van der Waals surface area (Å²) in [5.74, 6) is 0.0415. The summed E-state index contributed by atoms with van der Waals surface area (Å²) in [6.07, 6.45) is 1.55. The summed E-state index contributed by atoms with van der Waals surface area (Å²) >= 11 is 0. The standard InChI is InChI=1S/C14H17FN2O.ClH/c15-12-3-1-2-10(7-12)6-11-8-13-9-16-4-5-17(13)14(11)18;/h1-3,7,11,13,16H,4-6,8-9H2;1H/t11?,13-;/m0./s1. The van der Waals surface area contributed by atoms with Crippen LogP contribution in [-0.4, -0.2) is 36.5 Å². The fourth-order valence-electron chi connectivity index (χ4n) is 3.04. The minimum atomic E-state index is -0.225. The molecule has 0 aromatic heterocycles. The number of rotatable bonds is 2. The predicted octanol–water partition coefficient (Wildman–Crippen LogP) is 1.61. The zero-order valence-corrected chi connectivity index (χ0v) is 11.5. The van der Waals surface area contributed by atoms with Crippen molar-refractivity contribution in [2.75, 3.05) is 19.6 Å². The van der Waals surface area contributed by atoms with Crippen molar-refractivity contribution in [2.45, 2.75) is 18.9 Å². The first kappa shape index (κ1) is 14.3. The van der Waals surface area contributed by atoms with E-state index in [0.29, 0.717) is 12.5 Å². The quantitative estimate of drug-likeness (QED) is 0.895. The summed E-state index contributed by atoms with van der Waals surface area (Å²) in [5, 5.41) is 3.32. The molecule has 0 aliphatic carbocycles. The Hall–Kier alpha value is -1.13. The molecule has 2 fully saturated rings. The first-order valence-corrected chi connectivity index (χ1v) is 6.49. The predicted molar refractivity (Wildman–Crippen MR) is 73.8 cm³/mol. The highest BCUT2D eigenvalue weighted by molar-refractivity contribution is 5.85. The number of piperazine rings is 1. The second kappa shape index (κ2) is 5.88. The largest absolute Gasteiger partial charge is 0.337 e. The van der Waals surface area contributed by atoms with Gasteiger partial charge in [-0.05, 0) is 30.5 Å². The van der Waals surface area contributed by atoms with Crippen LogP contribution < -0.4 is 5.32 Å². The summed E-state index contributed by atoms with van der Waals surface area (Å²) in [5.41, 5.74) is 0.918. The maximum absolute atomic E-state index is 13.1. The molecule has 2 saturated heterocycles. The normalized spacial score (nSPS) is 25.9. The van der Waals surface area contributed by atoms with Crippen molar-refractivity contribution in [3.63, 3.8) is 0 Å². The molecular formula is C14H18ClFN2O. The molecule has 1 aromatic carbocycles. The lowest BCUT2D eigenvalue weighted by atomic mass is 9.96. The van der Waals surface area contributed by atoms with E-state index in [1.165, 1.54) is 12.1 Å². The van der Waals surface area contributed by atoms with Crippen molar-refractivity contribution in [3.05, 3.63) is 35.6 Å². The minimum absolute atomic E-state index is 0. The summed E-state index contributed by atoms with van der Waals surface area (Å²) in [6.45, 7) is 2.59. The highest BCUT2D eigenvalue weighted by Crippen LogP contribution is 2.28. The Morgan fingerprint density at radius 3 is 3.00 bits per heavy atom. The zero-order chi connectivity index (χ0) is 12.5. The van der Waals surface area contributed by atoms with Gasteiger partial charge in [0.05, 0.1) is 0 Å². The van der Waals surface area contributed by atoms with Crippen LogP contribution in [-0.2, 0) is 11.2 Å². The van der Waals surface area contributed by atoms with Crippen LogP contribution in [0.15, 0.2) is 24.3 Å². The van der Waals surface area contributed by atoms with Crippen molar-refractivity contribution in [1.82, 2.24) is 10.2 Å². The lowest BCUT2D eigenvalue weighted by molar-refractivity contribution is -0.132. The van der Waals surface area contributed by atoms with Crippen molar-refractivity contribution in [2.24, 2.45) is 5.92 Å². The second-order valence-electron chi connectivity index (χ2n) is 5.16. The molecule has 2 aliphatic rings. The van der Waals surface area contributed by atoms with Gasteiger partial charge in [0.1, 0.15) is 5.82 Å². The van der Waals surface area contributed by atoms with Gasteiger partial charge >= 0.3 is 0 Å². The van der Waals surface area contributed by atoms with Crippen LogP contribution >= 0.6 is 12.4 Å². The maximum atomic E-state index is 13.1. The number of benzene rings is 1. The Morgan fingerprint density at radius 2 is 2.26 bits per heavy atom. The van der Waals surface area contributed by atoms with Crippen LogP contribution in [0, 0.1) is 11.7 Å². The summed E-state index contributed by atoms with van der Waals surface area (Å²) in [6, 6.07) is 6.91. The van der Waals surface area contributed by atoms with Gasteiger partial charge in [-0.25, -0.2) is 4.39 Å². The highest BCUT2D eigenvalue weighted by atomic mass is 35.5. The van der Waals surface area contributed by atoms with Gasteiger partial charge in [0, 0.05) is 31.6 Å². The molecule has 0 bridgehead atoms. The maximum Gasteiger partial charge on any atom is 0.226 e. The van der Waals surface area contributed by atoms with E-state index in [4.69, 9.17) is 0 Å². The molecule has 1 N–H and O–H groups in total. The smallest absolute Gasteiger partial charge is 0.226 e. The van der Waals surface area contributed by atoms with Gasteiger partial charge in [0.25, 0.3) is 0 Å². The molecule has 1 amide bonds. The number of hydrogen-bond acceptors (Lipinski definition) is 2. The van der Waals surface area contributed by atoms with Crippen LogP contribution in [0.2, 0.25) is 0 Å². The van der Waals surface area contributed by atoms with E-state index < -0.39 is 0 Å².